The van der Waals surface area contributed by atoms with Crippen molar-refractivity contribution in [2.24, 2.45) is 7.05 Å². The van der Waals surface area contributed by atoms with Crippen molar-refractivity contribution in [2.75, 3.05) is 13.6 Å². The number of nitrogens with one attached hydrogen (secondary N) is 1. The van der Waals surface area contributed by atoms with Gasteiger partial charge in [-0.1, -0.05) is 12.1 Å². The Hall–Kier alpha value is -1.39. The van der Waals surface area contributed by atoms with Crippen molar-refractivity contribution in [2.45, 2.75) is 25.4 Å². The highest BCUT2D eigenvalue weighted by Gasteiger charge is 2.23. The first kappa shape index (κ1) is 13.1. The van der Waals surface area contributed by atoms with Crippen LogP contribution in [-0.2, 0) is 13.5 Å². The molecule has 1 heterocycles. The van der Waals surface area contributed by atoms with Crippen LogP contribution in [0, 0.1) is 0 Å². The highest BCUT2D eigenvalue weighted by Crippen LogP contribution is 2.20. The molecule has 0 aliphatic heterocycles. The Balaban J connectivity index is 2.23. The van der Waals surface area contributed by atoms with Crippen molar-refractivity contribution < 1.29 is 5.11 Å². The van der Waals surface area contributed by atoms with Gasteiger partial charge in [-0.2, -0.15) is 0 Å². The standard InChI is InChI=1S/C14H21N3O/c1-14(18,8-9-15-2)10-13-16-11-6-4-5-7-12(11)17(13)3/h4-7,15,18H,8-10H2,1-3H3. The van der Waals surface area contributed by atoms with Gasteiger partial charge >= 0.3 is 0 Å². The molecular formula is C14H21N3O. The molecule has 2 aromatic rings. The average molecular weight is 247 g/mol. The summed E-state index contributed by atoms with van der Waals surface area (Å²) in [5, 5.41) is 13.4. The molecule has 4 nitrogen and oxygen atoms in total. The molecule has 0 saturated heterocycles. The Kier molecular flexibility index (Phi) is 3.68. The number of aromatic nitrogens is 2. The van der Waals surface area contributed by atoms with Crippen molar-refractivity contribution in [1.29, 1.82) is 0 Å². The Bertz CT molecular complexity index is 531. The molecule has 0 aliphatic rings. The van der Waals surface area contributed by atoms with Gasteiger partial charge in [-0.3, -0.25) is 0 Å². The molecule has 0 saturated carbocycles. The monoisotopic (exact) mass is 247 g/mol. The molecule has 4 heteroatoms. The maximum absolute atomic E-state index is 10.4. The number of para-hydroxylation sites is 2. The normalized spacial score (nSPS) is 14.9. The van der Waals surface area contributed by atoms with Gasteiger partial charge in [-0.05, 0) is 39.1 Å². The van der Waals surface area contributed by atoms with E-state index in [2.05, 4.69) is 14.9 Å². The lowest BCUT2D eigenvalue weighted by molar-refractivity contribution is 0.0495. The second-order valence-corrected chi connectivity index (χ2v) is 5.10. The molecule has 0 spiro atoms. The summed E-state index contributed by atoms with van der Waals surface area (Å²) in [4.78, 5) is 4.59. The zero-order valence-electron chi connectivity index (χ0n) is 11.3. The third-order valence-electron chi connectivity index (χ3n) is 3.33. The van der Waals surface area contributed by atoms with Gasteiger partial charge in [0.1, 0.15) is 5.82 Å². The van der Waals surface area contributed by atoms with Crippen LogP contribution in [0.5, 0.6) is 0 Å². The first-order valence-electron chi connectivity index (χ1n) is 6.31. The largest absolute Gasteiger partial charge is 0.390 e. The Morgan fingerprint density at radius 3 is 2.78 bits per heavy atom. The van der Waals surface area contributed by atoms with E-state index in [1.54, 1.807) is 0 Å². The van der Waals surface area contributed by atoms with E-state index in [1.807, 2.05) is 45.3 Å². The van der Waals surface area contributed by atoms with Gasteiger partial charge in [0.25, 0.3) is 0 Å². The van der Waals surface area contributed by atoms with Crippen molar-refractivity contribution in [3.8, 4) is 0 Å². The minimum Gasteiger partial charge on any atom is -0.390 e. The quantitative estimate of drug-likeness (QED) is 0.841. The van der Waals surface area contributed by atoms with Crippen LogP contribution < -0.4 is 5.32 Å². The van der Waals surface area contributed by atoms with Crippen molar-refractivity contribution in [1.82, 2.24) is 14.9 Å². The van der Waals surface area contributed by atoms with E-state index in [0.717, 1.165) is 23.4 Å². The fraction of sp³-hybridized carbons (Fsp3) is 0.500. The summed E-state index contributed by atoms with van der Waals surface area (Å²) in [6, 6.07) is 8.04. The van der Waals surface area contributed by atoms with Crippen molar-refractivity contribution in [3.63, 3.8) is 0 Å². The Morgan fingerprint density at radius 2 is 2.11 bits per heavy atom. The first-order valence-corrected chi connectivity index (χ1v) is 6.31. The molecule has 0 bridgehead atoms. The van der Waals surface area contributed by atoms with Crippen LogP contribution in [0.25, 0.3) is 11.0 Å². The van der Waals surface area contributed by atoms with Crippen LogP contribution >= 0.6 is 0 Å². The van der Waals surface area contributed by atoms with E-state index >= 15 is 0 Å². The maximum Gasteiger partial charge on any atom is 0.112 e. The molecular weight excluding hydrogens is 226 g/mol. The van der Waals surface area contributed by atoms with Crippen molar-refractivity contribution in [3.05, 3.63) is 30.1 Å². The fourth-order valence-corrected chi connectivity index (χ4v) is 2.18. The Labute approximate surface area is 108 Å². The second kappa shape index (κ2) is 5.08. The average Bonchev–Trinajstić information content (AvgIpc) is 2.64. The van der Waals surface area contributed by atoms with Gasteiger partial charge in [-0.15, -0.1) is 0 Å². The SMILES string of the molecule is CNCCC(C)(O)Cc1nc2ccccc2n1C. The highest BCUT2D eigenvalue weighted by atomic mass is 16.3. The number of nitrogens with zero attached hydrogens (tertiary/aromatic N) is 2. The predicted molar refractivity (Wildman–Crippen MR) is 73.6 cm³/mol. The molecule has 2 N–H and O–H groups in total. The van der Waals surface area contributed by atoms with Gasteiger partial charge < -0.3 is 15.0 Å². The molecule has 98 valence electrons. The third kappa shape index (κ3) is 2.71. The lowest BCUT2D eigenvalue weighted by Gasteiger charge is -2.22. The summed E-state index contributed by atoms with van der Waals surface area (Å²) in [7, 11) is 3.89. The van der Waals surface area contributed by atoms with Crippen molar-refractivity contribution >= 4 is 11.0 Å². The van der Waals surface area contributed by atoms with E-state index in [-0.39, 0.29) is 0 Å². The molecule has 0 aliphatic carbocycles. The number of hydrogen-bond donors (Lipinski definition) is 2. The number of rotatable bonds is 5. The number of aliphatic hydroxyl groups is 1. The fourth-order valence-electron chi connectivity index (χ4n) is 2.18. The van der Waals surface area contributed by atoms with Gasteiger partial charge in [0.2, 0.25) is 0 Å². The van der Waals surface area contributed by atoms with Gasteiger partial charge in [-0.25, -0.2) is 4.98 Å². The number of aryl methyl sites for hydroxylation is 1. The molecule has 18 heavy (non-hydrogen) atoms. The molecule has 1 aromatic carbocycles. The predicted octanol–water partition coefficient (Wildman–Crippen LogP) is 1.48. The summed E-state index contributed by atoms with van der Waals surface area (Å²) in [5.74, 6) is 0.928. The number of benzene rings is 1. The highest BCUT2D eigenvalue weighted by molar-refractivity contribution is 5.75. The number of hydrogen-bond acceptors (Lipinski definition) is 3. The molecule has 2 rings (SSSR count). The lowest BCUT2D eigenvalue weighted by Crippen LogP contribution is -2.32. The number of fused-ring (bicyclic) bond motifs is 1. The zero-order chi connectivity index (χ0) is 13.2. The van der Waals surface area contributed by atoms with Crippen LogP contribution in [0.4, 0.5) is 0 Å². The molecule has 1 atom stereocenters. The molecule has 1 unspecified atom stereocenters. The third-order valence-corrected chi connectivity index (χ3v) is 3.33. The van der Waals surface area contributed by atoms with Crippen LogP contribution in [0.1, 0.15) is 19.2 Å². The topological polar surface area (TPSA) is 50.1 Å². The molecule has 0 amide bonds. The minimum absolute atomic E-state index is 0.569. The van der Waals surface area contributed by atoms with Crippen LogP contribution in [0.15, 0.2) is 24.3 Å². The van der Waals surface area contributed by atoms with E-state index in [4.69, 9.17) is 0 Å². The Morgan fingerprint density at radius 1 is 1.39 bits per heavy atom. The summed E-state index contributed by atoms with van der Waals surface area (Å²) in [6.07, 6.45) is 1.28. The summed E-state index contributed by atoms with van der Waals surface area (Å²) < 4.78 is 2.06. The van der Waals surface area contributed by atoms with E-state index in [0.29, 0.717) is 12.8 Å². The number of imidazole rings is 1. The summed E-state index contributed by atoms with van der Waals surface area (Å²) in [6.45, 7) is 2.67. The first-order chi connectivity index (χ1) is 8.53. The minimum atomic E-state index is -0.724. The second-order valence-electron chi connectivity index (χ2n) is 5.10. The van der Waals surface area contributed by atoms with E-state index in [9.17, 15) is 5.11 Å². The van der Waals surface area contributed by atoms with Crippen LogP contribution in [0.2, 0.25) is 0 Å². The summed E-state index contributed by atoms with van der Waals surface area (Å²) in [5.41, 5.74) is 1.37. The van der Waals surface area contributed by atoms with E-state index < -0.39 is 5.60 Å². The molecule has 0 fully saturated rings. The van der Waals surface area contributed by atoms with Crippen LogP contribution in [-0.4, -0.2) is 33.9 Å². The smallest absolute Gasteiger partial charge is 0.112 e. The van der Waals surface area contributed by atoms with Crippen LogP contribution in [0.3, 0.4) is 0 Å². The zero-order valence-corrected chi connectivity index (χ0v) is 11.3. The van der Waals surface area contributed by atoms with Gasteiger partial charge in [0.05, 0.1) is 16.6 Å². The van der Waals surface area contributed by atoms with Gasteiger partial charge in [0, 0.05) is 13.5 Å². The van der Waals surface area contributed by atoms with E-state index in [1.165, 1.54) is 0 Å². The summed E-state index contributed by atoms with van der Waals surface area (Å²) >= 11 is 0. The molecule has 1 aromatic heterocycles. The maximum atomic E-state index is 10.4. The lowest BCUT2D eigenvalue weighted by atomic mass is 9.98. The van der Waals surface area contributed by atoms with Gasteiger partial charge in [0.15, 0.2) is 0 Å². The molecule has 0 radical (unpaired) electrons.